The fourth-order valence-electron chi connectivity index (χ4n) is 5.79. The SMILES string of the molecule is Cc1nc2c3cccnc3c3cccnc3n2c1-c1ccc2c(c1)c1ccccc1n2-c1ccccc1. The van der Waals surface area contributed by atoms with Crippen LogP contribution in [0.5, 0.6) is 0 Å². The largest absolute Gasteiger partial charge is 0.309 e. The molecule has 0 aliphatic heterocycles. The molecule has 5 nitrogen and oxygen atoms in total. The fraction of sp³-hybridized carbons (Fsp3) is 0.0312. The molecule has 174 valence electrons. The van der Waals surface area contributed by atoms with Gasteiger partial charge in [-0.25, -0.2) is 9.97 Å². The second-order valence-electron chi connectivity index (χ2n) is 9.40. The van der Waals surface area contributed by atoms with Crippen molar-refractivity contribution in [1.29, 1.82) is 0 Å². The fourth-order valence-corrected chi connectivity index (χ4v) is 5.79. The molecule has 0 saturated heterocycles. The smallest absolute Gasteiger partial charge is 0.148 e. The van der Waals surface area contributed by atoms with E-state index in [1.54, 1.807) is 0 Å². The zero-order chi connectivity index (χ0) is 24.5. The van der Waals surface area contributed by atoms with Crippen LogP contribution in [0.2, 0.25) is 0 Å². The number of nitrogens with zero attached hydrogens (tertiary/aromatic N) is 5. The second kappa shape index (κ2) is 7.48. The van der Waals surface area contributed by atoms with Gasteiger partial charge in [-0.3, -0.25) is 9.38 Å². The van der Waals surface area contributed by atoms with Crippen molar-refractivity contribution >= 4 is 49.4 Å². The third-order valence-electron chi connectivity index (χ3n) is 7.31. The van der Waals surface area contributed by atoms with Gasteiger partial charge < -0.3 is 4.57 Å². The Balaban J connectivity index is 1.49. The van der Waals surface area contributed by atoms with Crippen molar-refractivity contribution in [2.75, 3.05) is 0 Å². The molecule has 37 heavy (non-hydrogen) atoms. The van der Waals surface area contributed by atoms with Crippen LogP contribution in [-0.4, -0.2) is 23.9 Å². The molecule has 0 aliphatic carbocycles. The number of aryl methyl sites for hydroxylation is 1. The Morgan fingerprint density at radius 2 is 1.30 bits per heavy atom. The quantitative estimate of drug-likeness (QED) is 0.243. The van der Waals surface area contributed by atoms with E-state index in [1.807, 2.05) is 24.5 Å². The summed E-state index contributed by atoms with van der Waals surface area (Å²) < 4.78 is 4.54. The summed E-state index contributed by atoms with van der Waals surface area (Å²) in [5.41, 5.74) is 9.35. The van der Waals surface area contributed by atoms with E-state index in [-0.39, 0.29) is 0 Å². The zero-order valence-corrected chi connectivity index (χ0v) is 20.1. The number of benzene rings is 3. The van der Waals surface area contributed by atoms with Crippen molar-refractivity contribution in [2.24, 2.45) is 0 Å². The van der Waals surface area contributed by atoms with Crippen molar-refractivity contribution < 1.29 is 0 Å². The molecule has 8 aromatic rings. The van der Waals surface area contributed by atoms with Crippen molar-refractivity contribution in [3.63, 3.8) is 0 Å². The van der Waals surface area contributed by atoms with Crippen LogP contribution >= 0.6 is 0 Å². The summed E-state index contributed by atoms with van der Waals surface area (Å²) in [6.07, 6.45) is 3.67. The van der Waals surface area contributed by atoms with E-state index < -0.39 is 0 Å². The third-order valence-corrected chi connectivity index (χ3v) is 7.31. The first-order chi connectivity index (χ1) is 18.3. The Morgan fingerprint density at radius 1 is 0.595 bits per heavy atom. The molecule has 0 fully saturated rings. The Morgan fingerprint density at radius 3 is 2.16 bits per heavy atom. The first-order valence-electron chi connectivity index (χ1n) is 12.4. The van der Waals surface area contributed by atoms with Crippen molar-refractivity contribution in [1.82, 2.24) is 23.9 Å². The zero-order valence-electron chi connectivity index (χ0n) is 20.1. The number of hydrogen-bond donors (Lipinski definition) is 0. The van der Waals surface area contributed by atoms with Gasteiger partial charge in [0.05, 0.1) is 27.9 Å². The van der Waals surface area contributed by atoms with Gasteiger partial charge in [0.1, 0.15) is 11.3 Å². The molecule has 0 bridgehead atoms. The molecule has 0 amide bonds. The molecule has 5 heterocycles. The predicted molar refractivity (Wildman–Crippen MR) is 150 cm³/mol. The highest BCUT2D eigenvalue weighted by Gasteiger charge is 2.20. The average molecular weight is 476 g/mol. The highest BCUT2D eigenvalue weighted by Crippen LogP contribution is 2.37. The molecule has 0 aliphatic rings. The Bertz CT molecular complexity index is 2150. The van der Waals surface area contributed by atoms with Crippen LogP contribution < -0.4 is 0 Å². The van der Waals surface area contributed by atoms with E-state index >= 15 is 0 Å². The van der Waals surface area contributed by atoms with Gasteiger partial charge >= 0.3 is 0 Å². The number of hydrogen-bond acceptors (Lipinski definition) is 3. The second-order valence-corrected chi connectivity index (χ2v) is 9.40. The van der Waals surface area contributed by atoms with Gasteiger partial charge in [-0.15, -0.1) is 0 Å². The molecular formula is C32H21N5. The topological polar surface area (TPSA) is 48.0 Å². The molecule has 3 aromatic carbocycles. The number of imidazole rings is 1. The van der Waals surface area contributed by atoms with E-state index in [0.717, 1.165) is 50.2 Å². The summed E-state index contributed by atoms with van der Waals surface area (Å²) in [5, 5.41) is 4.49. The van der Waals surface area contributed by atoms with Gasteiger partial charge in [-0.1, -0.05) is 42.5 Å². The number of para-hydroxylation sites is 2. The van der Waals surface area contributed by atoms with Crippen LogP contribution in [0.3, 0.4) is 0 Å². The molecule has 0 spiro atoms. The van der Waals surface area contributed by atoms with Crippen molar-refractivity contribution in [3.05, 3.63) is 115 Å². The number of fused-ring (bicyclic) bond motifs is 9. The highest BCUT2D eigenvalue weighted by molar-refractivity contribution is 6.12. The molecule has 5 aromatic heterocycles. The first-order valence-corrected chi connectivity index (χ1v) is 12.4. The molecule has 0 N–H and O–H groups in total. The molecule has 5 heteroatoms. The highest BCUT2D eigenvalue weighted by atomic mass is 15.1. The Hall–Kier alpha value is -5.03. The summed E-state index contributed by atoms with van der Waals surface area (Å²) in [5.74, 6) is 0. The van der Waals surface area contributed by atoms with Gasteiger partial charge in [0.25, 0.3) is 0 Å². The van der Waals surface area contributed by atoms with Crippen LogP contribution in [0.15, 0.2) is 109 Å². The van der Waals surface area contributed by atoms with Crippen molar-refractivity contribution in [3.8, 4) is 16.9 Å². The summed E-state index contributed by atoms with van der Waals surface area (Å²) in [6.45, 7) is 2.08. The van der Waals surface area contributed by atoms with Crippen LogP contribution in [0.1, 0.15) is 5.69 Å². The predicted octanol–water partition coefficient (Wildman–Crippen LogP) is 7.50. The van der Waals surface area contributed by atoms with Gasteiger partial charge in [0, 0.05) is 45.2 Å². The monoisotopic (exact) mass is 475 g/mol. The normalized spacial score (nSPS) is 11.9. The molecule has 0 radical (unpaired) electrons. The minimum Gasteiger partial charge on any atom is -0.309 e. The maximum Gasteiger partial charge on any atom is 0.148 e. The van der Waals surface area contributed by atoms with Crippen LogP contribution in [0.25, 0.3) is 66.3 Å². The Labute approximate surface area is 212 Å². The van der Waals surface area contributed by atoms with Gasteiger partial charge in [0.2, 0.25) is 0 Å². The van der Waals surface area contributed by atoms with Crippen LogP contribution in [-0.2, 0) is 0 Å². The molecular weight excluding hydrogens is 454 g/mol. The van der Waals surface area contributed by atoms with Gasteiger partial charge in [-0.2, -0.15) is 0 Å². The van der Waals surface area contributed by atoms with Crippen LogP contribution in [0, 0.1) is 6.92 Å². The summed E-state index contributed by atoms with van der Waals surface area (Å²) >= 11 is 0. The lowest BCUT2D eigenvalue weighted by atomic mass is 10.1. The molecule has 0 unspecified atom stereocenters. The average Bonchev–Trinajstić information content (AvgIpc) is 3.48. The number of aromatic nitrogens is 5. The van der Waals surface area contributed by atoms with Crippen LogP contribution in [0.4, 0.5) is 0 Å². The Kier molecular flexibility index (Phi) is 4.08. The molecule has 0 saturated carbocycles. The van der Waals surface area contributed by atoms with E-state index in [1.165, 1.54) is 21.8 Å². The summed E-state index contributed by atoms with van der Waals surface area (Å²) in [7, 11) is 0. The maximum absolute atomic E-state index is 5.04. The third kappa shape index (κ3) is 2.76. The lowest BCUT2D eigenvalue weighted by Crippen LogP contribution is -1.97. The lowest BCUT2D eigenvalue weighted by molar-refractivity contribution is 1.18. The van der Waals surface area contributed by atoms with Crippen molar-refractivity contribution in [2.45, 2.75) is 6.92 Å². The first kappa shape index (κ1) is 20.2. The molecule has 0 atom stereocenters. The lowest BCUT2D eigenvalue weighted by Gasteiger charge is -2.10. The summed E-state index contributed by atoms with van der Waals surface area (Å²) in [6, 6.07) is 34.0. The number of pyridine rings is 3. The minimum absolute atomic E-state index is 0.867. The standard InChI is InChI=1S/C32H21N5/c1-20-30(37-31-24(12-8-18-34-31)29-25(32(37)35-20)13-7-17-33-29)21-15-16-28-26(19-21)23-11-5-6-14-27(23)36(28)22-9-3-2-4-10-22/h2-19H,1H3. The minimum atomic E-state index is 0.867. The van der Waals surface area contributed by atoms with Gasteiger partial charge in [0.15, 0.2) is 0 Å². The molecule has 8 rings (SSSR count). The number of rotatable bonds is 2. The van der Waals surface area contributed by atoms with E-state index in [0.29, 0.717) is 0 Å². The van der Waals surface area contributed by atoms with E-state index in [4.69, 9.17) is 9.97 Å². The van der Waals surface area contributed by atoms with Gasteiger partial charge in [-0.05, 0) is 61.5 Å². The van der Waals surface area contributed by atoms with E-state index in [9.17, 15) is 0 Å². The maximum atomic E-state index is 5.04. The summed E-state index contributed by atoms with van der Waals surface area (Å²) in [4.78, 5) is 14.5. The van der Waals surface area contributed by atoms with E-state index in [2.05, 4.69) is 106 Å².